The second kappa shape index (κ2) is 10.2. The van der Waals surface area contributed by atoms with E-state index < -0.39 is 0 Å². The lowest BCUT2D eigenvalue weighted by Crippen LogP contribution is -1.88. The molecule has 178 valence electrons. The van der Waals surface area contributed by atoms with Gasteiger partial charge in [-0.15, -0.1) is 0 Å². The molecule has 36 heavy (non-hydrogen) atoms. The van der Waals surface area contributed by atoms with E-state index in [2.05, 4.69) is 157 Å². The highest BCUT2D eigenvalue weighted by Gasteiger charge is 2.08. The molecule has 0 aliphatic carbocycles. The molecule has 5 rings (SSSR count). The summed E-state index contributed by atoms with van der Waals surface area (Å²) in [5, 5.41) is 0. The van der Waals surface area contributed by atoms with Gasteiger partial charge in [-0.2, -0.15) is 0 Å². The van der Waals surface area contributed by atoms with Crippen LogP contribution in [0.3, 0.4) is 0 Å². The molecule has 0 atom stereocenters. The average Bonchev–Trinajstić information content (AvgIpc) is 2.89. The van der Waals surface area contributed by atoms with Crippen molar-refractivity contribution in [1.82, 2.24) is 0 Å². The Hall–Kier alpha value is -2.94. The maximum absolute atomic E-state index is 3.64. The monoisotopic (exact) mass is 594 g/mol. The van der Waals surface area contributed by atoms with E-state index in [1.54, 1.807) is 0 Å². The Bertz CT molecular complexity index is 1420. The van der Waals surface area contributed by atoms with Crippen molar-refractivity contribution in [3.63, 3.8) is 0 Å². The van der Waals surface area contributed by atoms with Crippen LogP contribution < -0.4 is 0 Å². The fourth-order valence-electron chi connectivity index (χ4n) is 4.72. The third-order valence-corrected chi connectivity index (χ3v) is 8.66. The van der Waals surface area contributed by atoms with Gasteiger partial charge in [0.2, 0.25) is 0 Å². The summed E-state index contributed by atoms with van der Waals surface area (Å²) >= 11 is 7.28. The summed E-state index contributed by atoms with van der Waals surface area (Å²) in [4.78, 5) is 0. The zero-order chi connectivity index (χ0) is 25.4. The molecule has 0 saturated heterocycles. The summed E-state index contributed by atoms with van der Waals surface area (Å²) in [5.74, 6) is 0. The number of halogens is 2. The highest BCUT2D eigenvalue weighted by atomic mass is 79.9. The summed E-state index contributed by atoms with van der Waals surface area (Å²) in [5.41, 5.74) is 15.1. The van der Waals surface area contributed by atoms with Crippen LogP contribution in [0.4, 0.5) is 0 Å². The summed E-state index contributed by atoms with van der Waals surface area (Å²) in [6.07, 6.45) is 0. The Labute approximate surface area is 231 Å². The van der Waals surface area contributed by atoms with Crippen molar-refractivity contribution in [2.24, 2.45) is 0 Å². The number of rotatable bonds is 4. The maximum atomic E-state index is 3.64. The van der Waals surface area contributed by atoms with Crippen LogP contribution in [-0.2, 0) is 0 Å². The lowest BCUT2D eigenvalue weighted by Gasteiger charge is -2.11. The van der Waals surface area contributed by atoms with E-state index in [0.29, 0.717) is 0 Å². The SMILES string of the molecule is Cc1cc(-c2ccc(-c3ccc(-c4ccc(-c5cc(C)c(Br)cc5C)cc4)cc3)cc2)c(C)cc1Br. The van der Waals surface area contributed by atoms with E-state index in [4.69, 9.17) is 0 Å². The van der Waals surface area contributed by atoms with Gasteiger partial charge in [-0.25, -0.2) is 0 Å². The molecular formula is C34H28Br2. The van der Waals surface area contributed by atoms with Crippen LogP contribution in [0, 0.1) is 27.7 Å². The summed E-state index contributed by atoms with van der Waals surface area (Å²) in [7, 11) is 0. The lowest BCUT2D eigenvalue weighted by molar-refractivity contribution is 1.36. The predicted molar refractivity (Wildman–Crippen MR) is 163 cm³/mol. The average molecular weight is 596 g/mol. The number of aryl methyl sites for hydroxylation is 4. The third kappa shape index (κ3) is 4.98. The van der Waals surface area contributed by atoms with Gasteiger partial charge in [0.15, 0.2) is 0 Å². The standard InChI is InChI=1S/C34H28Br2/c1-21-19-33(35)23(3)17-31(21)29-13-9-27(10-14-29)25-5-7-26(8-6-25)28-11-15-30(16-12-28)32-18-24(4)34(36)20-22(32)2/h5-20H,1-4H3. The highest BCUT2D eigenvalue weighted by molar-refractivity contribution is 9.10. The van der Waals surface area contributed by atoms with Crippen molar-refractivity contribution in [2.45, 2.75) is 27.7 Å². The van der Waals surface area contributed by atoms with Crippen molar-refractivity contribution in [3.8, 4) is 44.5 Å². The third-order valence-electron chi connectivity index (χ3n) is 6.95. The smallest absolute Gasteiger partial charge is 0.0207 e. The first kappa shape index (κ1) is 24.7. The minimum atomic E-state index is 1.16. The van der Waals surface area contributed by atoms with E-state index in [9.17, 15) is 0 Å². The van der Waals surface area contributed by atoms with E-state index in [1.165, 1.54) is 66.8 Å². The quantitative estimate of drug-likeness (QED) is 0.194. The topological polar surface area (TPSA) is 0 Å². The van der Waals surface area contributed by atoms with E-state index in [-0.39, 0.29) is 0 Å². The first-order valence-electron chi connectivity index (χ1n) is 12.2. The molecule has 0 bridgehead atoms. The van der Waals surface area contributed by atoms with Crippen molar-refractivity contribution in [1.29, 1.82) is 0 Å². The van der Waals surface area contributed by atoms with Gasteiger partial charge in [-0.1, -0.05) is 117 Å². The van der Waals surface area contributed by atoms with Gasteiger partial charge >= 0.3 is 0 Å². The molecule has 0 unspecified atom stereocenters. The number of hydrogen-bond acceptors (Lipinski definition) is 0. The molecule has 0 aliphatic rings. The minimum absolute atomic E-state index is 1.16. The van der Waals surface area contributed by atoms with Gasteiger partial charge in [0, 0.05) is 8.95 Å². The molecule has 0 saturated carbocycles. The van der Waals surface area contributed by atoms with Gasteiger partial charge in [-0.05, 0) is 107 Å². The molecule has 0 nitrogen and oxygen atoms in total. The number of hydrogen-bond donors (Lipinski definition) is 0. The zero-order valence-corrected chi connectivity index (χ0v) is 24.2. The molecule has 0 radical (unpaired) electrons. The van der Waals surface area contributed by atoms with Gasteiger partial charge in [0.1, 0.15) is 0 Å². The van der Waals surface area contributed by atoms with Crippen LogP contribution in [0.1, 0.15) is 22.3 Å². The van der Waals surface area contributed by atoms with Gasteiger partial charge < -0.3 is 0 Å². The molecule has 0 aromatic heterocycles. The molecule has 0 fully saturated rings. The normalized spacial score (nSPS) is 11.1. The fourth-order valence-corrected chi connectivity index (χ4v) is 5.64. The molecule has 0 spiro atoms. The fraction of sp³-hybridized carbons (Fsp3) is 0.118. The van der Waals surface area contributed by atoms with Crippen molar-refractivity contribution in [2.75, 3.05) is 0 Å². The van der Waals surface area contributed by atoms with E-state index in [0.717, 1.165) is 8.95 Å². The molecule has 0 heterocycles. The molecule has 0 amide bonds. The van der Waals surface area contributed by atoms with Crippen molar-refractivity contribution < 1.29 is 0 Å². The van der Waals surface area contributed by atoms with Gasteiger partial charge in [0.25, 0.3) is 0 Å². The summed E-state index contributed by atoms with van der Waals surface area (Å²) in [6, 6.07) is 35.6. The maximum Gasteiger partial charge on any atom is 0.0207 e. The molecule has 2 heteroatoms. The van der Waals surface area contributed by atoms with Crippen LogP contribution in [0.2, 0.25) is 0 Å². The van der Waals surface area contributed by atoms with Crippen LogP contribution in [0.5, 0.6) is 0 Å². The molecule has 5 aromatic rings. The van der Waals surface area contributed by atoms with E-state index in [1.807, 2.05) is 0 Å². The molecular weight excluding hydrogens is 568 g/mol. The Morgan fingerprint density at radius 2 is 0.583 bits per heavy atom. The van der Waals surface area contributed by atoms with Gasteiger partial charge in [-0.3, -0.25) is 0 Å². The molecule has 5 aromatic carbocycles. The van der Waals surface area contributed by atoms with Crippen molar-refractivity contribution in [3.05, 3.63) is 128 Å². The molecule has 0 N–H and O–H groups in total. The first-order chi connectivity index (χ1) is 17.3. The Morgan fingerprint density at radius 1 is 0.333 bits per heavy atom. The first-order valence-corrected chi connectivity index (χ1v) is 13.7. The largest absolute Gasteiger partial charge is 0.0538 e. The van der Waals surface area contributed by atoms with Crippen LogP contribution >= 0.6 is 31.9 Å². The van der Waals surface area contributed by atoms with Crippen LogP contribution in [-0.4, -0.2) is 0 Å². The lowest BCUT2D eigenvalue weighted by atomic mass is 9.94. The second-order valence-electron chi connectivity index (χ2n) is 9.56. The Kier molecular flexibility index (Phi) is 7.01. The molecule has 0 aliphatic heterocycles. The zero-order valence-electron chi connectivity index (χ0n) is 21.0. The summed E-state index contributed by atoms with van der Waals surface area (Å²) in [6.45, 7) is 8.61. The summed E-state index contributed by atoms with van der Waals surface area (Å²) < 4.78 is 2.32. The van der Waals surface area contributed by atoms with E-state index >= 15 is 0 Å². The Balaban J connectivity index is 1.36. The number of benzene rings is 5. The van der Waals surface area contributed by atoms with Crippen LogP contribution in [0.15, 0.2) is 106 Å². The minimum Gasteiger partial charge on any atom is -0.0538 e. The van der Waals surface area contributed by atoms with Crippen LogP contribution in [0.25, 0.3) is 44.5 Å². The van der Waals surface area contributed by atoms with Gasteiger partial charge in [0.05, 0.1) is 0 Å². The van der Waals surface area contributed by atoms with Crippen molar-refractivity contribution >= 4 is 31.9 Å². The predicted octanol–water partition coefficient (Wildman–Crippen LogP) is 11.1. The highest BCUT2D eigenvalue weighted by Crippen LogP contribution is 2.33. The second-order valence-corrected chi connectivity index (χ2v) is 11.3. The Morgan fingerprint density at radius 3 is 0.861 bits per heavy atom.